The zero-order chi connectivity index (χ0) is 15.6. The van der Waals surface area contributed by atoms with Gasteiger partial charge in [-0.15, -0.1) is 0 Å². The van der Waals surface area contributed by atoms with E-state index >= 15 is 0 Å². The predicted molar refractivity (Wildman–Crippen MR) is 85.8 cm³/mol. The molecule has 0 spiro atoms. The minimum atomic E-state index is -3.23. The molecule has 1 rings (SSSR count). The van der Waals surface area contributed by atoms with E-state index < -0.39 is 20.8 Å². The second-order valence-electron chi connectivity index (χ2n) is 6.90. The van der Waals surface area contributed by atoms with Crippen molar-refractivity contribution >= 4 is 20.8 Å². The normalized spacial score (nSPS) is 24.8. The lowest BCUT2D eigenvalue weighted by molar-refractivity contribution is 0.336. The van der Waals surface area contributed by atoms with Crippen molar-refractivity contribution in [2.24, 2.45) is 5.41 Å². The Morgan fingerprint density at radius 1 is 1.20 bits per heavy atom. The van der Waals surface area contributed by atoms with Crippen molar-refractivity contribution in [3.63, 3.8) is 0 Å². The summed E-state index contributed by atoms with van der Waals surface area (Å²) in [6, 6.07) is 0. The van der Waals surface area contributed by atoms with Gasteiger partial charge in [-0.3, -0.25) is 4.21 Å². The first-order valence-electron chi connectivity index (χ1n) is 7.42. The van der Waals surface area contributed by atoms with Gasteiger partial charge in [0.2, 0.25) is 10.0 Å². The monoisotopic (exact) mass is 323 g/mol. The van der Waals surface area contributed by atoms with Crippen molar-refractivity contribution in [2.75, 3.05) is 24.6 Å². The van der Waals surface area contributed by atoms with Gasteiger partial charge < -0.3 is 0 Å². The van der Waals surface area contributed by atoms with Crippen LogP contribution < -0.4 is 0 Å². The highest BCUT2D eigenvalue weighted by atomic mass is 32.2. The molecule has 20 heavy (non-hydrogen) atoms. The minimum Gasteiger partial charge on any atom is -0.259 e. The molecule has 1 aliphatic heterocycles. The first-order chi connectivity index (χ1) is 9.06. The fourth-order valence-electron chi connectivity index (χ4n) is 2.47. The Morgan fingerprint density at radius 2 is 1.75 bits per heavy atom. The predicted octanol–water partition coefficient (Wildman–Crippen LogP) is 2.38. The molecule has 0 amide bonds. The van der Waals surface area contributed by atoms with E-state index in [9.17, 15) is 12.6 Å². The van der Waals surface area contributed by atoms with Crippen LogP contribution in [-0.4, -0.2) is 46.3 Å². The molecule has 1 heterocycles. The summed E-state index contributed by atoms with van der Waals surface area (Å²) in [7, 11) is -4.15. The molecule has 1 fully saturated rings. The third-order valence-electron chi connectivity index (χ3n) is 4.27. The molecule has 4 nitrogen and oxygen atoms in total. The molecule has 0 aliphatic carbocycles. The number of rotatable bonds is 5. The Labute approximate surface area is 126 Å². The Kier molecular flexibility index (Phi) is 5.83. The second-order valence-corrected chi connectivity index (χ2v) is 11.0. The van der Waals surface area contributed by atoms with Crippen LogP contribution in [0.3, 0.4) is 0 Å². The van der Waals surface area contributed by atoms with E-state index in [2.05, 4.69) is 20.8 Å². The second kappa shape index (κ2) is 6.44. The maximum atomic E-state index is 12.5. The molecule has 1 saturated heterocycles. The quantitative estimate of drug-likeness (QED) is 0.780. The van der Waals surface area contributed by atoms with Gasteiger partial charge in [0.05, 0.1) is 10.5 Å². The third-order valence-corrected chi connectivity index (χ3v) is 8.31. The molecule has 0 aromatic rings. The number of nitrogens with zero attached hydrogens (tertiary/aromatic N) is 1. The van der Waals surface area contributed by atoms with Gasteiger partial charge in [0.15, 0.2) is 0 Å². The van der Waals surface area contributed by atoms with Crippen LogP contribution in [0.25, 0.3) is 0 Å². The number of hydrogen-bond acceptors (Lipinski definition) is 3. The molecule has 120 valence electrons. The summed E-state index contributed by atoms with van der Waals surface area (Å²) in [4.78, 5) is 0. The van der Waals surface area contributed by atoms with E-state index in [0.717, 1.165) is 12.8 Å². The first-order valence-corrected chi connectivity index (χ1v) is 10.4. The Morgan fingerprint density at radius 3 is 2.20 bits per heavy atom. The lowest BCUT2D eigenvalue weighted by Gasteiger charge is -2.40. The van der Waals surface area contributed by atoms with E-state index in [1.807, 2.05) is 13.8 Å². The van der Waals surface area contributed by atoms with Crippen LogP contribution in [0.4, 0.5) is 0 Å². The van der Waals surface area contributed by atoms with Gasteiger partial charge in [0, 0.05) is 29.6 Å². The lowest BCUT2D eigenvalue weighted by Crippen LogP contribution is -2.55. The van der Waals surface area contributed by atoms with E-state index in [1.54, 1.807) is 4.31 Å². The largest absolute Gasteiger partial charge is 0.259 e. The Hall–Kier alpha value is 0.0600. The maximum Gasteiger partial charge on any atom is 0.214 e. The molecular formula is C14H29NO3S2. The summed E-state index contributed by atoms with van der Waals surface area (Å²) < 4.78 is 38.5. The zero-order valence-corrected chi connectivity index (χ0v) is 15.1. The van der Waals surface area contributed by atoms with Crippen LogP contribution >= 0.6 is 0 Å². The molecule has 1 aliphatic rings. The Balaban J connectivity index is 2.84. The van der Waals surface area contributed by atoms with E-state index in [-0.39, 0.29) is 15.9 Å². The summed E-state index contributed by atoms with van der Waals surface area (Å²) in [6.45, 7) is 11.0. The van der Waals surface area contributed by atoms with Crippen LogP contribution in [0, 0.1) is 5.41 Å². The molecule has 0 N–H and O–H groups in total. The molecule has 6 heteroatoms. The molecule has 0 aromatic carbocycles. The van der Waals surface area contributed by atoms with Crippen molar-refractivity contribution in [1.82, 2.24) is 4.31 Å². The standard InChI is InChI=1S/C14H29NO3S2/c1-6-14(7-2)12-15(9-10-19(14)16)20(17,18)11-8-13(3,4)5/h6-12H2,1-5H3. The van der Waals surface area contributed by atoms with Gasteiger partial charge in [-0.2, -0.15) is 4.31 Å². The topological polar surface area (TPSA) is 54.5 Å². The molecule has 0 radical (unpaired) electrons. The minimum absolute atomic E-state index is 0.0122. The summed E-state index contributed by atoms with van der Waals surface area (Å²) in [5, 5.41) is 0. The highest BCUT2D eigenvalue weighted by molar-refractivity contribution is 7.89. The highest BCUT2D eigenvalue weighted by Crippen LogP contribution is 2.30. The van der Waals surface area contributed by atoms with Crippen LogP contribution in [0.2, 0.25) is 0 Å². The fraction of sp³-hybridized carbons (Fsp3) is 1.00. The van der Waals surface area contributed by atoms with Gasteiger partial charge in [0.1, 0.15) is 0 Å². The number of sulfonamides is 1. The van der Waals surface area contributed by atoms with Crippen molar-refractivity contribution in [2.45, 2.75) is 58.6 Å². The lowest BCUT2D eigenvalue weighted by atomic mass is 9.94. The smallest absolute Gasteiger partial charge is 0.214 e. The van der Waals surface area contributed by atoms with Crippen LogP contribution in [-0.2, 0) is 20.8 Å². The fourth-order valence-corrected chi connectivity index (χ4v) is 6.37. The Bertz CT molecular complexity index is 448. The van der Waals surface area contributed by atoms with Crippen LogP contribution in [0.1, 0.15) is 53.9 Å². The molecule has 0 aromatic heterocycles. The maximum absolute atomic E-state index is 12.5. The molecule has 0 saturated carbocycles. The highest BCUT2D eigenvalue weighted by Gasteiger charge is 2.42. The summed E-state index contributed by atoms with van der Waals surface area (Å²) >= 11 is 0. The SMILES string of the molecule is CCC1(CC)CN(S(=O)(=O)CCC(C)(C)C)CCS1=O. The van der Waals surface area contributed by atoms with E-state index in [1.165, 1.54) is 0 Å². The van der Waals surface area contributed by atoms with Crippen LogP contribution in [0.5, 0.6) is 0 Å². The average Bonchev–Trinajstić information content (AvgIpc) is 2.36. The van der Waals surface area contributed by atoms with E-state index in [4.69, 9.17) is 0 Å². The van der Waals surface area contributed by atoms with Crippen molar-refractivity contribution in [1.29, 1.82) is 0 Å². The molecule has 1 atom stereocenters. The average molecular weight is 324 g/mol. The van der Waals surface area contributed by atoms with E-state index in [0.29, 0.717) is 25.3 Å². The van der Waals surface area contributed by atoms with Gasteiger partial charge in [0.25, 0.3) is 0 Å². The van der Waals surface area contributed by atoms with Crippen molar-refractivity contribution < 1.29 is 12.6 Å². The first kappa shape index (κ1) is 18.1. The van der Waals surface area contributed by atoms with Crippen molar-refractivity contribution in [3.8, 4) is 0 Å². The number of hydrogen-bond donors (Lipinski definition) is 0. The summed E-state index contributed by atoms with van der Waals surface area (Å²) in [6.07, 6.45) is 2.18. The molecular weight excluding hydrogens is 294 g/mol. The zero-order valence-electron chi connectivity index (χ0n) is 13.4. The third kappa shape index (κ3) is 4.28. The summed E-state index contributed by atoms with van der Waals surface area (Å²) in [5.74, 6) is 0.656. The molecule has 1 unspecified atom stereocenters. The van der Waals surface area contributed by atoms with Gasteiger partial charge in [-0.05, 0) is 24.7 Å². The van der Waals surface area contributed by atoms with Gasteiger partial charge in [-0.1, -0.05) is 34.6 Å². The van der Waals surface area contributed by atoms with Gasteiger partial charge >= 0.3 is 0 Å². The molecule has 0 bridgehead atoms. The van der Waals surface area contributed by atoms with Crippen molar-refractivity contribution in [3.05, 3.63) is 0 Å². The van der Waals surface area contributed by atoms with Gasteiger partial charge in [-0.25, -0.2) is 8.42 Å². The van der Waals surface area contributed by atoms with Crippen LogP contribution in [0.15, 0.2) is 0 Å². The summed E-state index contributed by atoms with van der Waals surface area (Å²) in [5.41, 5.74) is 0.0122.